The van der Waals surface area contributed by atoms with E-state index < -0.39 is 0 Å². The average Bonchev–Trinajstić information content (AvgIpc) is 2.69. The molecular formula is C14H19N3OS. The lowest BCUT2D eigenvalue weighted by atomic mass is 10.1. The summed E-state index contributed by atoms with van der Waals surface area (Å²) in [6.45, 7) is 9.06. The first kappa shape index (κ1) is 14.1. The van der Waals surface area contributed by atoms with Crippen molar-refractivity contribution < 1.29 is 4.42 Å². The maximum atomic E-state index is 5.56. The van der Waals surface area contributed by atoms with Crippen LogP contribution in [0.2, 0.25) is 0 Å². The molecule has 5 heteroatoms. The Hall–Kier alpha value is -1.33. The van der Waals surface area contributed by atoms with Gasteiger partial charge >= 0.3 is 0 Å². The summed E-state index contributed by atoms with van der Waals surface area (Å²) in [5.41, 5.74) is 2.15. The van der Waals surface area contributed by atoms with Gasteiger partial charge in [0.1, 0.15) is 10.8 Å². The Morgan fingerprint density at radius 3 is 2.84 bits per heavy atom. The highest BCUT2D eigenvalue weighted by molar-refractivity contribution is 7.99. The van der Waals surface area contributed by atoms with Crippen molar-refractivity contribution in [2.45, 2.75) is 44.0 Å². The third-order valence-electron chi connectivity index (χ3n) is 2.97. The molecule has 0 bridgehead atoms. The Morgan fingerprint density at radius 1 is 1.42 bits per heavy atom. The standard InChI is InChI=1S/C14H19N3OS/c1-5-15-10(3)12-6-7-16-13(8-12)19-14-17-9(2)11(4)18-14/h6-8,10,15H,5H2,1-4H3. The number of aromatic nitrogens is 2. The highest BCUT2D eigenvalue weighted by Crippen LogP contribution is 2.28. The third-order valence-corrected chi connectivity index (χ3v) is 3.75. The van der Waals surface area contributed by atoms with Gasteiger partial charge in [0.25, 0.3) is 5.22 Å². The predicted molar refractivity (Wildman–Crippen MR) is 76.4 cm³/mol. The van der Waals surface area contributed by atoms with Gasteiger partial charge < -0.3 is 9.73 Å². The monoisotopic (exact) mass is 277 g/mol. The first-order valence-corrected chi connectivity index (χ1v) is 7.23. The molecule has 0 aromatic carbocycles. The fraction of sp³-hybridized carbons (Fsp3) is 0.429. The second-order valence-corrected chi connectivity index (χ2v) is 5.40. The highest BCUT2D eigenvalue weighted by atomic mass is 32.2. The molecule has 2 aromatic rings. The quantitative estimate of drug-likeness (QED) is 0.906. The van der Waals surface area contributed by atoms with Gasteiger partial charge in [-0.25, -0.2) is 9.97 Å². The van der Waals surface area contributed by atoms with Crippen molar-refractivity contribution in [2.75, 3.05) is 6.54 Å². The van der Waals surface area contributed by atoms with Crippen molar-refractivity contribution >= 4 is 11.8 Å². The molecule has 102 valence electrons. The van der Waals surface area contributed by atoms with E-state index >= 15 is 0 Å². The molecule has 0 spiro atoms. The highest BCUT2D eigenvalue weighted by Gasteiger charge is 2.10. The molecule has 1 unspecified atom stereocenters. The Kier molecular flexibility index (Phi) is 4.61. The van der Waals surface area contributed by atoms with Gasteiger partial charge in [0, 0.05) is 12.2 Å². The van der Waals surface area contributed by atoms with Crippen LogP contribution in [-0.2, 0) is 0 Å². The number of nitrogens with one attached hydrogen (secondary N) is 1. The summed E-state index contributed by atoms with van der Waals surface area (Å²) in [6.07, 6.45) is 1.83. The minimum absolute atomic E-state index is 0.320. The van der Waals surface area contributed by atoms with Crippen LogP contribution in [0.4, 0.5) is 0 Å². The van der Waals surface area contributed by atoms with E-state index in [0.29, 0.717) is 11.3 Å². The Balaban J connectivity index is 2.14. The van der Waals surface area contributed by atoms with Gasteiger partial charge in [-0.05, 0) is 56.8 Å². The van der Waals surface area contributed by atoms with Crippen LogP contribution >= 0.6 is 11.8 Å². The SMILES string of the molecule is CCNC(C)c1ccnc(Sc2nc(C)c(C)o2)c1. The minimum atomic E-state index is 0.320. The molecule has 0 aliphatic carbocycles. The van der Waals surface area contributed by atoms with E-state index in [9.17, 15) is 0 Å². The van der Waals surface area contributed by atoms with Gasteiger partial charge in [0.2, 0.25) is 0 Å². The van der Waals surface area contributed by atoms with Gasteiger partial charge in [-0.1, -0.05) is 6.92 Å². The topological polar surface area (TPSA) is 51.0 Å². The summed E-state index contributed by atoms with van der Waals surface area (Å²) in [5.74, 6) is 0.861. The number of aryl methyl sites for hydroxylation is 2. The van der Waals surface area contributed by atoms with Crippen molar-refractivity contribution in [1.29, 1.82) is 0 Å². The lowest BCUT2D eigenvalue weighted by molar-refractivity contribution is 0.431. The molecule has 0 fully saturated rings. The zero-order chi connectivity index (χ0) is 13.8. The van der Waals surface area contributed by atoms with E-state index in [1.54, 1.807) is 0 Å². The van der Waals surface area contributed by atoms with Crippen molar-refractivity contribution in [3.8, 4) is 0 Å². The largest absolute Gasteiger partial charge is 0.436 e. The Morgan fingerprint density at radius 2 is 2.21 bits per heavy atom. The molecule has 0 saturated carbocycles. The van der Waals surface area contributed by atoms with Crippen molar-refractivity contribution in [3.05, 3.63) is 35.3 Å². The number of hydrogen-bond acceptors (Lipinski definition) is 5. The fourth-order valence-corrected chi connectivity index (χ4v) is 2.59. The van der Waals surface area contributed by atoms with Crippen LogP contribution < -0.4 is 5.32 Å². The van der Waals surface area contributed by atoms with Crippen LogP contribution in [-0.4, -0.2) is 16.5 Å². The summed E-state index contributed by atoms with van der Waals surface area (Å²) < 4.78 is 5.56. The zero-order valence-corrected chi connectivity index (χ0v) is 12.5. The van der Waals surface area contributed by atoms with Crippen LogP contribution in [0.25, 0.3) is 0 Å². The van der Waals surface area contributed by atoms with Crippen molar-refractivity contribution in [3.63, 3.8) is 0 Å². The van der Waals surface area contributed by atoms with Crippen LogP contribution in [0, 0.1) is 13.8 Å². The van der Waals surface area contributed by atoms with E-state index in [4.69, 9.17) is 4.42 Å². The van der Waals surface area contributed by atoms with E-state index in [1.807, 2.05) is 26.1 Å². The normalized spacial score (nSPS) is 12.6. The first-order valence-electron chi connectivity index (χ1n) is 6.41. The molecule has 0 aliphatic heterocycles. The maximum Gasteiger partial charge on any atom is 0.262 e. The third kappa shape index (κ3) is 3.58. The second kappa shape index (κ2) is 6.21. The Bertz CT molecular complexity index is 534. The molecular weight excluding hydrogens is 258 g/mol. The molecule has 1 N–H and O–H groups in total. The summed E-state index contributed by atoms with van der Waals surface area (Å²) >= 11 is 1.46. The molecule has 1 atom stereocenters. The molecule has 19 heavy (non-hydrogen) atoms. The fourth-order valence-electron chi connectivity index (χ4n) is 1.75. The maximum absolute atomic E-state index is 5.56. The van der Waals surface area contributed by atoms with Crippen LogP contribution in [0.5, 0.6) is 0 Å². The number of oxazole rings is 1. The van der Waals surface area contributed by atoms with Crippen molar-refractivity contribution in [2.24, 2.45) is 0 Å². The summed E-state index contributed by atoms with van der Waals surface area (Å²) in [5, 5.41) is 4.94. The first-order chi connectivity index (χ1) is 9.10. The van der Waals surface area contributed by atoms with E-state index in [-0.39, 0.29) is 0 Å². The zero-order valence-electron chi connectivity index (χ0n) is 11.7. The van der Waals surface area contributed by atoms with Gasteiger partial charge in [-0.15, -0.1) is 0 Å². The minimum Gasteiger partial charge on any atom is -0.436 e. The molecule has 4 nitrogen and oxygen atoms in total. The van der Waals surface area contributed by atoms with Gasteiger partial charge in [-0.2, -0.15) is 0 Å². The van der Waals surface area contributed by atoms with Crippen LogP contribution in [0.1, 0.15) is 36.9 Å². The van der Waals surface area contributed by atoms with Crippen molar-refractivity contribution in [1.82, 2.24) is 15.3 Å². The van der Waals surface area contributed by atoms with E-state index in [2.05, 4.69) is 35.2 Å². The number of hydrogen-bond donors (Lipinski definition) is 1. The number of rotatable bonds is 5. The molecule has 2 heterocycles. The van der Waals surface area contributed by atoms with E-state index in [0.717, 1.165) is 23.0 Å². The summed E-state index contributed by atoms with van der Waals surface area (Å²) in [4.78, 5) is 8.71. The number of pyridine rings is 1. The summed E-state index contributed by atoms with van der Waals surface area (Å²) in [6, 6.07) is 4.43. The predicted octanol–water partition coefficient (Wildman–Crippen LogP) is 3.51. The van der Waals surface area contributed by atoms with Gasteiger partial charge in [0.15, 0.2) is 0 Å². The molecule has 0 aliphatic rings. The molecule has 0 radical (unpaired) electrons. The molecule has 2 rings (SSSR count). The van der Waals surface area contributed by atoms with Gasteiger partial charge in [0.05, 0.1) is 5.69 Å². The lowest BCUT2D eigenvalue weighted by Crippen LogP contribution is -2.17. The molecule has 2 aromatic heterocycles. The smallest absolute Gasteiger partial charge is 0.262 e. The van der Waals surface area contributed by atoms with Crippen LogP contribution in [0.3, 0.4) is 0 Å². The Labute approximate surface area is 118 Å². The van der Waals surface area contributed by atoms with Crippen LogP contribution in [0.15, 0.2) is 33.0 Å². The van der Waals surface area contributed by atoms with Gasteiger partial charge in [-0.3, -0.25) is 0 Å². The molecule has 0 saturated heterocycles. The summed E-state index contributed by atoms with van der Waals surface area (Å²) in [7, 11) is 0. The van der Waals surface area contributed by atoms with E-state index in [1.165, 1.54) is 17.3 Å². The molecule has 0 amide bonds. The number of nitrogens with zero attached hydrogens (tertiary/aromatic N) is 2. The lowest BCUT2D eigenvalue weighted by Gasteiger charge is -2.12. The second-order valence-electron chi connectivity index (χ2n) is 4.43. The average molecular weight is 277 g/mol.